The SMILES string of the molecule is Cc1cc(Oc2ccccc2)ccc1N1C(=O)NC2c3c1ccnc3S[C@H]2C(=O)NC1CCN(C(=O)/C=C/CN(C)C)C1. The van der Waals surface area contributed by atoms with Crippen LogP contribution in [-0.2, 0) is 9.59 Å². The highest BCUT2D eigenvalue weighted by molar-refractivity contribution is 8.01. The second kappa shape index (κ2) is 12.1. The Balaban J connectivity index is 1.16. The standard InChI is InChI=1S/C32H34N6O4S/c1-20-18-23(42-22-8-5-4-6-9-22)11-12-24(20)38-25-13-15-33-31-27(25)28(35-32(38)41)29(43-31)30(40)34-21-14-17-37(19-21)26(39)10-7-16-36(2)3/h4-13,15,18,21,28-29H,14,16-17,19H2,1-3H3,(H,34,40)(H,35,41)/b10-7+/t21?,28?,29-/m1/s1. The van der Waals surface area contributed by atoms with Crippen LogP contribution < -0.4 is 20.3 Å². The number of nitrogens with one attached hydrogen (secondary N) is 2. The fourth-order valence-corrected chi connectivity index (χ4v) is 6.90. The van der Waals surface area contributed by atoms with E-state index in [0.29, 0.717) is 37.5 Å². The molecule has 10 nitrogen and oxygen atoms in total. The first-order valence-electron chi connectivity index (χ1n) is 14.3. The van der Waals surface area contributed by atoms with Gasteiger partial charge in [0.05, 0.1) is 17.4 Å². The molecule has 222 valence electrons. The quantitative estimate of drug-likeness (QED) is 0.371. The number of likely N-dealkylation sites (tertiary alicyclic amines) is 1. The van der Waals surface area contributed by atoms with E-state index in [0.717, 1.165) is 27.6 Å². The minimum atomic E-state index is -0.567. The molecule has 3 atom stereocenters. The van der Waals surface area contributed by atoms with Gasteiger partial charge in [-0.15, -0.1) is 0 Å². The number of urea groups is 1. The molecule has 2 unspecified atom stereocenters. The van der Waals surface area contributed by atoms with Gasteiger partial charge < -0.3 is 25.2 Å². The molecule has 0 saturated carbocycles. The van der Waals surface area contributed by atoms with Crippen molar-refractivity contribution in [2.24, 2.45) is 0 Å². The van der Waals surface area contributed by atoms with Gasteiger partial charge in [-0.3, -0.25) is 14.5 Å². The summed E-state index contributed by atoms with van der Waals surface area (Å²) in [5.74, 6) is 1.18. The van der Waals surface area contributed by atoms with E-state index in [1.807, 2.05) is 86.6 Å². The first-order chi connectivity index (χ1) is 20.8. The number of nitrogens with zero attached hydrogens (tertiary/aromatic N) is 4. The zero-order valence-corrected chi connectivity index (χ0v) is 25.1. The second-order valence-corrected chi connectivity index (χ2v) is 12.3. The Hall–Kier alpha value is -4.35. The average Bonchev–Trinajstić information content (AvgIpc) is 3.60. The summed E-state index contributed by atoms with van der Waals surface area (Å²) in [6.07, 6.45) is 5.79. The molecule has 2 N–H and O–H groups in total. The van der Waals surface area contributed by atoms with E-state index in [-0.39, 0.29) is 23.9 Å². The molecule has 4 heterocycles. The van der Waals surface area contributed by atoms with Crippen molar-refractivity contribution in [1.82, 2.24) is 25.4 Å². The molecule has 0 aliphatic carbocycles. The summed E-state index contributed by atoms with van der Waals surface area (Å²) in [5, 5.41) is 6.36. The molecular formula is C32H34N6O4S. The molecule has 0 radical (unpaired) electrons. The molecule has 43 heavy (non-hydrogen) atoms. The maximum atomic E-state index is 13.6. The zero-order chi connectivity index (χ0) is 30.1. The van der Waals surface area contributed by atoms with Crippen molar-refractivity contribution in [2.45, 2.75) is 35.7 Å². The summed E-state index contributed by atoms with van der Waals surface area (Å²) in [6, 6.07) is 16.0. The molecule has 0 spiro atoms. The molecule has 11 heteroatoms. The predicted octanol–water partition coefficient (Wildman–Crippen LogP) is 4.39. The highest BCUT2D eigenvalue weighted by Crippen LogP contribution is 2.51. The predicted molar refractivity (Wildman–Crippen MR) is 166 cm³/mol. The molecule has 2 aromatic carbocycles. The Bertz CT molecular complexity index is 1580. The number of carbonyl (C=O) groups is 3. The van der Waals surface area contributed by atoms with E-state index >= 15 is 0 Å². The summed E-state index contributed by atoms with van der Waals surface area (Å²) in [7, 11) is 3.89. The Labute approximate surface area is 255 Å². The van der Waals surface area contributed by atoms with E-state index in [9.17, 15) is 14.4 Å². The molecule has 1 aromatic heterocycles. The topological polar surface area (TPSA) is 107 Å². The Morgan fingerprint density at radius 1 is 1.14 bits per heavy atom. The molecule has 1 saturated heterocycles. The van der Waals surface area contributed by atoms with Crippen molar-refractivity contribution in [3.05, 3.63) is 84.1 Å². The van der Waals surface area contributed by atoms with Crippen LogP contribution in [0.25, 0.3) is 0 Å². The summed E-state index contributed by atoms with van der Waals surface area (Å²) in [4.78, 5) is 49.6. The van der Waals surface area contributed by atoms with Gasteiger partial charge in [0.15, 0.2) is 0 Å². The summed E-state index contributed by atoms with van der Waals surface area (Å²) in [6.45, 7) is 3.67. The number of ether oxygens (including phenoxy) is 1. The van der Waals surface area contributed by atoms with Crippen LogP contribution in [0.1, 0.15) is 23.6 Å². The molecule has 3 aliphatic rings. The summed E-state index contributed by atoms with van der Waals surface area (Å²) in [5.41, 5.74) is 3.14. The van der Waals surface area contributed by atoms with Crippen LogP contribution in [0.5, 0.6) is 11.5 Å². The summed E-state index contributed by atoms with van der Waals surface area (Å²) >= 11 is 1.36. The number of rotatable bonds is 8. The van der Waals surface area contributed by atoms with Gasteiger partial charge in [-0.05, 0) is 69.4 Å². The van der Waals surface area contributed by atoms with Crippen LogP contribution in [0, 0.1) is 6.92 Å². The lowest BCUT2D eigenvalue weighted by Crippen LogP contribution is -2.50. The third-order valence-corrected chi connectivity index (χ3v) is 9.02. The third kappa shape index (κ3) is 5.95. The molecule has 3 aliphatic heterocycles. The van der Waals surface area contributed by atoms with Gasteiger partial charge in [-0.25, -0.2) is 9.78 Å². The van der Waals surface area contributed by atoms with Crippen molar-refractivity contribution >= 4 is 41.0 Å². The Morgan fingerprint density at radius 3 is 2.72 bits per heavy atom. The van der Waals surface area contributed by atoms with Gasteiger partial charge in [-0.1, -0.05) is 36.0 Å². The number of aromatic nitrogens is 1. The van der Waals surface area contributed by atoms with Crippen LogP contribution in [-0.4, -0.2) is 77.7 Å². The lowest BCUT2D eigenvalue weighted by atomic mass is 9.99. The number of anilines is 2. The number of benzene rings is 2. The molecule has 0 bridgehead atoms. The van der Waals surface area contributed by atoms with Gasteiger partial charge in [0.2, 0.25) is 11.8 Å². The highest BCUT2D eigenvalue weighted by atomic mass is 32.2. The monoisotopic (exact) mass is 598 g/mol. The van der Waals surface area contributed by atoms with Gasteiger partial charge in [0.1, 0.15) is 21.8 Å². The number of amides is 4. The number of pyridine rings is 1. The van der Waals surface area contributed by atoms with Crippen molar-refractivity contribution < 1.29 is 19.1 Å². The smallest absolute Gasteiger partial charge is 0.327 e. The number of hydrogen-bond acceptors (Lipinski definition) is 7. The largest absolute Gasteiger partial charge is 0.457 e. The first kappa shape index (κ1) is 28.8. The lowest BCUT2D eigenvalue weighted by Gasteiger charge is -2.35. The van der Waals surface area contributed by atoms with Gasteiger partial charge in [0.25, 0.3) is 0 Å². The number of para-hydroxylation sites is 1. The van der Waals surface area contributed by atoms with Crippen molar-refractivity contribution in [3.8, 4) is 11.5 Å². The van der Waals surface area contributed by atoms with E-state index < -0.39 is 11.3 Å². The fourth-order valence-electron chi connectivity index (χ4n) is 5.66. The lowest BCUT2D eigenvalue weighted by molar-refractivity contribution is -0.126. The van der Waals surface area contributed by atoms with Crippen LogP contribution in [0.4, 0.5) is 16.2 Å². The van der Waals surface area contributed by atoms with E-state index in [4.69, 9.17) is 4.74 Å². The molecular weight excluding hydrogens is 564 g/mol. The first-order valence-corrected chi connectivity index (χ1v) is 15.2. The van der Waals surface area contributed by atoms with E-state index in [1.165, 1.54) is 11.8 Å². The average molecular weight is 599 g/mol. The van der Waals surface area contributed by atoms with Gasteiger partial charge >= 0.3 is 6.03 Å². The summed E-state index contributed by atoms with van der Waals surface area (Å²) < 4.78 is 5.98. The van der Waals surface area contributed by atoms with Crippen LogP contribution in [0.2, 0.25) is 0 Å². The molecule has 3 aromatic rings. The highest BCUT2D eigenvalue weighted by Gasteiger charge is 2.47. The van der Waals surface area contributed by atoms with Crippen molar-refractivity contribution in [3.63, 3.8) is 0 Å². The number of thioether (sulfide) groups is 1. The van der Waals surface area contributed by atoms with Crippen molar-refractivity contribution in [1.29, 1.82) is 0 Å². The van der Waals surface area contributed by atoms with Gasteiger partial charge in [0, 0.05) is 43.5 Å². The Morgan fingerprint density at radius 2 is 1.95 bits per heavy atom. The van der Waals surface area contributed by atoms with Crippen LogP contribution in [0.15, 0.2) is 78.0 Å². The zero-order valence-electron chi connectivity index (χ0n) is 24.3. The third-order valence-electron chi connectivity index (χ3n) is 7.73. The maximum absolute atomic E-state index is 13.6. The van der Waals surface area contributed by atoms with Crippen LogP contribution in [0.3, 0.4) is 0 Å². The fraction of sp³-hybridized carbons (Fsp3) is 0.312. The van der Waals surface area contributed by atoms with Gasteiger partial charge in [-0.2, -0.15) is 0 Å². The number of aryl methyl sites for hydroxylation is 1. The number of likely N-dealkylation sites (N-methyl/N-ethyl adjacent to an activating group) is 1. The van der Waals surface area contributed by atoms with Crippen molar-refractivity contribution in [2.75, 3.05) is 38.6 Å². The number of hydrogen-bond donors (Lipinski definition) is 2. The normalized spacial score (nSPS) is 20.8. The molecule has 4 amide bonds. The van der Waals surface area contributed by atoms with E-state index in [2.05, 4.69) is 15.6 Å². The Kier molecular flexibility index (Phi) is 8.09. The number of carbonyl (C=O) groups excluding carboxylic acids is 3. The molecule has 1 fully saturated rings. The van der Waals surface area contributed by atoms with E-state index in [1.54, 1.807) is 22.1 Å². The minimum absolute atomic E-state index is 0.0512. The second-order valence-electron chi connectivity index (χ2n) is 11.2. The maximum Gasteiger partial charge on any atom is 0.327 e. The minimum Gasteiger partial charge on any atom is -0.457 e. The molecule has 6 rings (SSSR count). The van der Waals surface area contributed by atoms with Crippen LogP contribution >= 0.6 is 11.8 Å².